The number of aryl methyl sites for hydroxylation is 3. The van der Waals surface area contributed by atoms with Gasteiger partial charge in [0.05, 0.1) is 0 Å². The average molecular weight is 259 g/mol. The first-order valence-corrected chi connectivity index (χ1v) is 6.76. The Bertz CT molecular complexity index is 514. The van der Waals surface area contributed by atoms with Gasteiger partial charge >= 0.3 is 0 Å². The van der Waals surface area contributed by atoms with Gasteiger partial charge in [-0.25, -0.2) is 0 Å². The first-order valence-electron chi connectivity index (χ1n) is 6.76. The van der Waals surface area contributed by atoms with Crippen LogP contribution in [0, 0.1) is 13.8 Å². The SMILES string of the molecule is Cc1cc(C)cc(Cc2noc(CCCCN)n2)c1. The molecule has 4 heteroatoms. The van der Waals surface area contributed by atoms with E-state index in [2.05, 4.69) is 42.2 Å². The monoisotopic (exact) mass is 259 g/mol. The molecule has 0 aliphatic carbocycles. The fraction of sp³-hybridized carbons (Fsp3) is 0.467. The summed E-state index contributed by atoms with van der Waals surface area (Å²) in [6, 6.07) is 6.49. The lowest BCUT2D eigenvalue weighted by Crippen LogP contribution is -1.99. The van der Waals surface area contributed by atoms with E-state index in [9.17, 15) is 0 Å². The van der Waals surface area contributed by atoms with Gasteiger partial charge in [0.15, 0.2) is 5.82 Å². The van der Waals surface area contributed by atoms with E-state index in [1.807, 2.05) is 0 Å². The van der Waals surface area contributed by atoms with Crippen molar-refractivity contribution >= 4 is 0 Å². The molecule has 0 atom stereocenters. The third-order valence-corrected chi connectivity index (χ3v) is 3.00. The van der Waals surface area contributed by atoms with Gasteiger partial charge in [-0.3, -0.25) is 0 Å². The molecule has 1 heterocycles. The van der Waals surface area contributed by atoms with E-state index in [0.29, 0.717) is 12.4 Å². The highest BCUT2D eigenvalue weighted by Gasteiger charge is 2.07. The Morgan fingerprint density at radius 3 is 2.53 bits per heavy atom. The summed E-state index contributed by atoms with van der Waals surface area (Å²) < 4.78 is 5.24. The average Bonchev–Trinajstić information content (AvgIpc) is 2.76. The highest BCUT2D eigenvalue weighted by Crippen LogP contribution is 2.13. The molecule has 102 valence electrons. The first kappa shape index (κ1) is 13.7. The van der Waals surface area contributed by atoms with E-state index >= 15 is 0 Å². The van der Waals surface area contributed by atoms with Gasteiger partial charge < -0.3 is 10.3 Å². The number of rotatable bonds is 6. The summed E-state index contributed by atoms with van der Waals surface area (Å²) in [5.74, 6) is 1.47. The number of benzene rings is 1. The van der Waals surface area contributed by atoms with Crippen LogP contribution in [0.2, 0.25) is 0 Å². The molecule has 19 heavy (non-hydrogen) atoms. The Morgan fingerprint density at radius 2 is 1.84 bits per heavy atom. The third kappa shape index (κ3) is 4.17. The Balaban J connectivity index is 1.99. The zero-order chi connectivity index (χ0) is 13.7. The molecule has 0 bridgehead atoms. The van der Waals surface area contributed by atoms with Crippen molar-refractivity contribution < 1.29 is 4.52 Å². The second kappa shape index (κ2) is 6.48. The van der Waals surface area contributed by atoms with Crippen LogP contribution in [0.25, 0.3) is 0 Å². The number of aromatic nitrogens is 2. The number of nitrogens with two attached hydrogens (primary N) is 1. The van der Waals surface area contributed by atoms with E-state index in [1.165, 1.54) is 16.7 Å². The van der Waals surface area contributed by atoms with Gasteiger partial charge in [0, 0.05) is 12.8 Å². The Labute approximate surface area is 114 Å². The quantitative estimate of drug-likeness (QED) is 0.810. The normalized spacial score (nSPS) is 10.9. The smallest absolute Gasteiger partial charge is 0.226 e. The van der Waals surface area contributed by atoms with Crippen LogP contribution in [0.4, 0.5) is 0 Å². The van der Waals surface area contributed by atoms with Gasteiger partial charge in [-0.15, -0.1) is 0 Å². The minimum Gasteiger partial charge on any atom is -0.339 e. The molecule has 2 rings (SSSR count). The van der Waals surface area contributed by atoms with Gasteiger partial charge in [0.1, 0.15) is 0 Å². The van der Waals surface area contributed by atoms with Crippen LogP contribution < -0.4 is 5.73 Å². The summed E-state index contributed by atoms with van der Waals surface area (Å²) in [6.07, 6.45) is 3.54. The van der Waals surface area contributed by atoms with Crippen LogP contribution in [-0.2, 0) is 12.8 Å². The summed E-state index contributed by atoms with van der Waals surface area (Å²) in [4.78, 5) is 4.42. The maximum atomic E-state index is 5.46. The van der Waals surface area contributed by atoms with Crippen molar-refractivity contribution in [3.8, 4) is 0 Å². The van der Waals surface area contributed by atoms with E-state index in [0.717, 1.165) is 31.5 Å². The van der Waals surface area contributed by atoms with Crippen LogP contribution >= 0.6 is 0 Å². The second-order valence-corrected chi connectivity index (χ2v) is 5.02. The number of nitrogens with zero attached hydrogens (tertiary/aromatic N) is 2. The molecule has 1 aromatic heterocycles. The van der Waals surface area contributed by atoms with Crippen LogP contribution in [0.15, 0.2) is 22.7 Å². The molecule has 2 N–H and O–H groups in total. The number of hydrogen-bond acceptors (Lipinski definition) is 4. The zero-order valence-electron chi connectivity index (χ0n) is 11.6. The van der Waals surface area contributed by atoms with Crippen molar-refractivity contribution in [1.82, 2.24) is 10.1 Å². The zero-order valence-corrected chi connectivity index (χ0v) is 11.6. The molecule has 0 fully saturated rings. The largest absolute Gasteiger partial charge is 0.339 e. The molecule has 0 saturated heterocycles. The number of hydrogen-bond donors (Lipinski definition) is 1. The van der Waals surface area contributed by atoms with E-state index in [1.54, 1.807) is 0 Å². The molecule has 4 nitrogen and oxygen atoms in total. The van der Waals surface area contributed by atoms with Gasteiger partial charge in [0.2, 0.25) is 5.89 Å². The fourth-order valence-corrected chi connectivity index (χ4v) is 2.24. The van der Waals surface area contributed by atoms with Crippen LogP contribution in [0.5, 0.6) is 0 Å². The van der Waals surface area contributed by atoms with Gasteiger partial charge in [-0.2, -0.15) is 4.98 Å². The topological polar surface area (TPSA) is 64.9 Å². The lowest BCUT2D eigenvalue weighted by molar-refractivity contribution is 0.370. The molecular weight excluding hydrogens is 238 g/mol. The Morgan fingerprint density at radius 1 is 1.11 bits per heavy atom. The van der Waals surface area contributed by atoms with Crippen molar-refractivity contribution in [2.24, 2.45) is 5.73 Å². The van der Waals surface area contributed by atoms with Gasteiger partial charge in [0.25, 0.3) is 0 Å². The Kier molecular flexibility index (Phi) is 4.68. The van der Waals surface area contributed by atoms with E-state index in [4.69, 9.17) is 10.3 Å². The molecule has 2 aromatic rings. The first-order chi connectivity index (χ1) is 9.17. The minimum absolute atomic E-state index is 0.712. The van der Waals surface area contributed by atoms with Crippen LogP contribution in [0.1, 0.15) is 41.2 Å². The van der Waals surface area contributed by atoms with Gasteiger partial charge in [-0.05, 0) is 38.8 Å². The lowest BCUT2D eigenvalue weighted by atomic mass is 10.1. The molecule has 0 unspecified atom stereocenters. The summed E-state index contributed by atoms with van der Waals surface area (Å²) in [6.45, 7) is 4.92. The Hall–Kier alpha value is -1.68. The maximum Gasteiger partial charge on any atom is 0.226 e. The van der Waals surface area contributed by atoms with E-state index in [-0.39, 0.29) is 0 Å². The van der Waals surface area contributed by atoms with Crippen molar-refractivity contribution in [2.45, 2.75) is 39.5 Å². The van der Waals surface area contributed by atoms with Crippen molar-refractivity contribution in [2.75, 3.05) is 6.54 Å². The van der Waals surface area contributed by atoms with Crippen LogP contribution in [-0.4, -0.2) is 16.7 Å². The minimum atomic E-state index is 0.712. The summed E-state index contributed by atoms with van der Waals surface area (Å²) >= 11 is 0. The maximum absolute atomic E-state index is 5.46. The number of unbranched alkanes of at least 4 members (excludes halogenated alkanes) is 1. The van der Waals surface area contributed by atoms with Crippen molar-refractivity contribution in [3.63, 3.8) is 0 Å². The van der Waals surface area contributed by atoms with Gasteiger partial charge in [-0.1, -0.05) is 34.5 Å². The van der Waals surface area contributed by atoms with Crippen molar-refractivity contribution in [3.05, 3.63) is 46.6 Å². The third-order valence-electron chi connectivity index (χ3n) is 3.00. The summed E-state index contributed by atoms with van der Waals surface area (Å²) in [5.41, 5.74) is 9.22. The molecule has 0 saturated carbocycles. The molecule has 0 radical (unpaired) electrons. The van der Waals surface area contributed by atoms with E-state index < -0.39 is 0 Å². The molecule has 1 aromatic carbocycles. The summed E-state index contributed by atoms with van der Waals surface area (Å²) in [7, 11) is 0. The molecule has 0 spiro atoms. The molecule has 0 amide bonds. The fourth-order valence-electron chi connectivity index (χ4n) is 2.24. The second-order valence-electron chi connectivity index (χ2n) is 5.02. The molecule has 0 aliphatic rings. The highest BCUT2D eigenvalue weighted by atomic mass is 16.5. The molecular formula is C15H21N3O. The molecule has 0 aliphatic heterocycles. The van der Waals surface area contributed by atoms with Crippen LogP contribution in [0.3, 0.4) is 0 Å². The standard InChI is InChI=1S/C15H21N3O/c1-11-7-12(2)9-13(8-11)10-14-17-15(19-18-14)5-3-4-6-16/h7-9H,3-6,10,16H2,1-2H3. The lowest BCUT2D eigenvalue weighted by Gasteiger charge is -2.01. The summed E-state index contributed by atoms with van der Waals surface area (Å²) in [5, 5.41) is 4.03. The van der Waals surface area contributed by atoms with Crippen molar-refractivity contribution in [1.29, 1.82) is 0 Å². The highest BCUT2D eigenvalue weighted by molar-refractivity contribution is 5.30. The predicted octanol–water partition coefficient (Wildman–Crippen LogP) is 2.56. The predicted molar refractivity (Wildman–Crippen MR) is 75.0 cm³/mol.